The number of aromatic nitrogens is 1. The molecule has 2 heteroatoms. The molecule has 0 bridgehead atoms. The summed E-state index contributed by atoms with van der Waals surface area (Å²) >= 11 is 6.18. The van der Waals surface area contributed by atoms with Crippen LogP contribution in [0.4, 0.5) is 0 Å². The number of hydrogen-bond acceptors (Lipinski definition) is 0. The normalized spacial score (nSPS) is 19.0. The molecule has 2 atom stereocenters. The average Bonchev–Trinajstić information content (AvgIpc) is 2.89. The predicted octanol–water partition coefficient (Wildman–Crippen LogP) is 7.17. The van der Waals surface area contributed by atoms with Gasteiger partial charge < -0.3 is 4.98 Å². The third-order valence-corrected chi connectivity index (χ3v) is 6.03. The Morgan fingerprint density at radius 3 is 2.79 bits per heavy atom. The van der Waals surface area contributed by atoms with Crippen molar-refractivity contribution in [1.29, 1.82) is 0 Å². The third-order valence-electron chi connectivity index (χ3n) is 5.80. The number of H-pyrrole nitrogens is 1. The first-order valence-corrected chi connectivity index (χ1v) is 10.2. The molecule has 2 aromatic rings. The molecule has 0 spiro atoms. The van der Waals surface area contributed by atoms with E-state index in [1.54, 1.807) is 0 Å². The van der Waals surface area contributed by atoms with Gasteiger partial charge in [0.05, 0.1) is 0 Å². The summed E-state index contributed by atoms with van der Waals surface area (Å²) in [4.78, 5) is 3.65. The second-order valence-corrected chi connectivity index (χ2v) is 8.82. The van der Waals surface area contributed by atoms with Crippen molar-refractivity contribution in [2.75, 3.05) is 0 Å². The number of benzene rings is 1. The van der Waals surface area contributed by atoms with Crippen molar-refractivity contribution in [3.05, 3.63) is 34.5 Å². The van der Waals surface area contributed by atoms with Gasteiger partial charge in [-0.05, 0) is 67.2 Å². The lowest BCUT2D eigenvalue weighted by atomic mass is 9.82. The van der Waals surface area contributed by atoms with Gasteiger partial charge in [-0.3, -0.25) is 0 Å². The Bertz CT molecular complexity index is 670. The van der Waals surface area contributed by atoms with Crippen LogP contribution in [0.25, 0.3) is 10.9 Å². The summed E-state index contributed by atoms with van der Waals surface area (Å²) in [6.45, 7) is 7.11. The van der Waals surface area contributed by atoms with Crippen LogP contribution in [0.1, 0.15) is 70.6 Å². The van der Waals surface area contributed by atoms with Gasteiger partial charge in [0, 0.05) is 21.6 Å². The number of hydrogen-bond donors (Lipinski definition) is 1. The topological polar surface area (TPSA) is 15.8 Å². The third kappa shape index (κ3) is 4.36. The predicted molar refractivity (Wildman–Crippen MR) is 106 cm³/mol. The molecule has 0 fully saturated rings. The highest BCUT2D eigenvalue weighted by Crippen LogP contribution is 2.35. The molecule has 24 heavy (non-hydrogen) atoms. The Kier molecular flexibility index (Phi) is 5.92. The highest BCUT2D eigenvalue weighted by molar-refractivity contribution is 6.31. The highest BCUT2D eigenvalue weighted by Gasteiger charge is 2.22. The lowest BCUT2D eigenvalue weighted by Crippen LogP contribution is -2.14. The highest BCUT2D eigenvalue weighted by atomic mass is 35.5. The van der Waals surface area contributed by atoms with Crippen molar-refractivity contribution in [1.82, 2.24) is 4.98 Å². The zero-order chi connectivity index (χ0) is 17.1. The monoisotopic (exact) mass is 345 g/mol. The van der Waals surface area contributed by atoms with Crippen LogP contribution in [-0.2, 0) is 12.8 Å². The maximum absolute atomic E-state index is 6.18. The summed E-state index contributed by atoms with van der Waals surface area (Å²) in [6.07, 6.45) is 10.7. The molecular formula is C22H32ClN. The van der Waals surface area contributed by atoms with Crippen LogP contribution in [0.3, 0.4) is 0 Å². The van der Waals surface area contributed by atoms with Gasteiger partial charge in [0.15, 0.2) is 0 Å². The number of halogens is 1. The van der Waals surface area contributed by atoms with E-state index in [9.17, 15) is 0 Å². The van der Waals surface area contributed by atoms with Gasteiger partial charge in [0.25, 0.3) is 0 Å². The summed E-state index contributed by atoms with van der Waals surface area (Å²) in [6, 6.07) is 6.24. The van der Waals surface area contributed by atoms with E-state index in [-0.39, 0.29) is 0 Å². The SMILES string of the molecule is CC(C)CCCC(C)CCC1CCc2c([nH]c3ccc(Cl)cc23)C1. The number of aryl methyl sites for hydroxylation is 1. The molecule has 2 unspecified atom stereocenters. The minimum Gasteiger partial charge on any atom is -0.358 e. The maximum Gasteiger partial charge on any atom is 0.0460 e. The lowest BCUT2D eigenvalue weighted by Gasteiger charge is -2.24. The van der Waals surface area contributed by atoms with Gasteiger partial charge in [0.1, 0.15) is 0 Å². The van der Waals surface area contributed by atoms with Crippen molar-refractivity contribution in [3.8, 4) is 0 Å². The van der Waals surface area contributed by atoms with E-state index in [2.05, 4.69) is 37.9 Å². The molecule has 1 aliphatic rings. The van der Waals surface area contributed by atoms with Crippen LogP contribution in [0.2, 0.25) is 5.02 Å². The average molecular weight is 346 g/mol. The van der Waals surface area contributed by atoms with Crippen molar-refractivity contribution >= 4 is 22.5 Å². The van der Waals surface area contributed by atoms with Gasteiger partial charge in [-0.25, -0.2) is 0 Å². The van der Waals surface area contributed by atoms with Gasteiger partial charge in [-0.2, -0.15) is 0 Å². The van der Waals surface area contributed by atoms with E-state index in [1.807, 2.05) is 6.07 Å². The molecule has 1 heterocycles. The van der Waals surface area contributed by atoms with Crippen LogP contribution in [-0.4, -0.2) is 4.98 Å². The standard InChI is InChI=1S/C22H32ClN/c1-15(2)5-4-6-16(3)7-8-17-9-11-19-20-14-18(23)10-12-21(20)24-22(19)13-17/h10,12,14-17,24H,4-9,11,13H2,1-3H3. The number of nitrogens with one attached hydrogen (secondary N) is 1. The van der Waals surface area contributed by atoms with Crippen LogP contribution in [0.15, 0.2) is 18.2 Å². The largest absolute Gasteiger partial charge is 0.358 e. The molecule has 132 valence electrons. The zero-order valence-electron chi connectivity index (χ0n) is 15.5. The Morgan fingerprint density at radius 1 is 1.17 bits per heavy atom. The van der Waals surface area contributed by atoms with Crippen LogP contribution in [0, 0.1) is 17.8 Å². The molecule has 1 aromatic heterocycles. The van der Waals surface area contributed by atoms with Gasteiger partial charge in [-0.15, -0.1) is 0 Å². The molecular weight excluding hydrogens is 314 g/mol. The fourth-order valence-electron chi connectivity index (χ4n) is 4.26. The smallest absolute Gasteiger partial charge is 0.0460 e. The molecule has 0 radical (unpaired) electrons. The van der Waals surface area contributed by atoms with Gasteiger partial charge >= 0.3 is 0 Å². The first-order valence-electron chi connectivity index (χ1n) is 9.82. The fourth-order valence-corrected chi connectivity index (χ4v) is 4.43. The van der Waals surface area contributed by atoms with E-state index in [4.69, 9.17) is 11.6 Å². The molecule has 0 saturated carbocycles. The quantitative estimate of drug-likeness (QED) is 0.547. The number of rotatable bonds is 7. The second-order valence-electron chi connectivity index (χ2n) is 8.39. The summed E-state index contributed by atoms with van der Waals surface area (Å²) in [5, 5.41) is 2.19. The summed E-state index contributed by atoms with van der Waals surface area (Å²) in [5.41, 5.74) is 4.25. The molecule has 1 aliphatic carbocycles. The Labute approximate surface area is 152 Å². The summed E-state index contributed by atoms with van der Waals surface area (Å²) in [5.74, 6) is 2.59. The minimum atomic E-state index is 0.849. The number of fused-ring (bicyclic) bond motifs is 3. The first-order chi connectivity index (χ1) is 11.5. The van der Waals surface area contributed by atoms with Crippen molar-refractivity contribution < 1.29 is 0 Å². The van der Waals surface area contributed by atoms with E-state index in [1.165, 1.54) is 73.5 Å². The van der Waals surface area contributed by atoms with E-state index in [0.29, 0.717) is 0 Å². The first kappa shape index (κ1) is 17.9. The van der Waals surface area contributed by atoms with E-state index in [0.717, 1.165) is 22.8 Å². The van der Waals surface area contributed by atoms with Crippen molar-refractivity contribution in [2.24, 2.45) is 17.8 Å². The molecule has 1 aromatic carbocycles. The Balaban J connectivity index is 1.53. The van der Waals surface area contributed by atoms with Crippen LogP contribution < -0.4 is 0 Å². The molecule has 0 saturated heterocycles. The maximum atomic E-state index is 6.18. The minimum absolute atomic E-state index is 0.849. The molecule has 1 nitrogen and oxygen atoms in total. The molecule has 0 aliphatic heterocycles. The number of aromatic amines is 1. The molecule has 0 amide bonds. The molecule has 3 rings (SSSR count). The second kappa shape index (κ2) is 7.95. The Hall–Kier alpha value is -0.950. The van der Waals surface area contributed by atoms with Crippen LogP contribution in [0.5, 0.6) is 0 Å². The van der Waals surface area contributed by atoms with Gasteiger partial charge in [-0.1, -0.05) is 58.1 Å². The fraction of sp³-hybridized carbons (Fsp3) is 0.636. The van der Waals surface area contributed by atoms with Gasteiger partial charge in [0.2, 0.25) is 0 Å². The lowest BCUT2D eigenvalue weighted by molar-refractivity contribution is 0.353. The summed E-state index contributed by atoms with van der Waals surface area (Å²) < 4.78 is 0. The zero-order valence-corrected chi connectivity index (χ0v) is 16.3. The molecule has 1 N–H and O–H groups in total. The van der Waals surface area contributed by atoms with E-state index < -0.39 is 0 Å². The van der Waals surface area contributed by atoms with Crippen molar-refractivity contribution in [2.45, 2.75) is 72.1 Å². The Morgan fingerprint density at radius 2 is 2.00 bits per heavy atom. The van der Waals surface area contributed by atoms with Crippen LogP contribution >= 0.6 is 11.6 Å². The van der Waals surface area contributed by atoms with Crippen molar-refractivity contribution in [3.63, 3.8) is 0 Å². The summed E-state index contributed by atoms with van der Waals surface area (Å²) in [7, 11) is 0. The van der Waals surface area contributed by atoms with E-state index >= 15 is 0 Å².